The van der Waals surface area contributed by atoms with E-state index < -0.39 is 36.4 Å². The van der Waals surface area contributed by atoms with Crippen molar-refractivity contribution in [3.05, 3.63) is 77.2 Å². The Labute approximate surface area is 219 Å². The fourth-order valence-electron chi connectivity index (χ4n) is 3.71. The number of anilines is 1. The molecule has 10 heteroatoms. The fraction of sp³-hybridized carbons (Fsp3) is 0.286. The standard InChI is InChI=1S/C28H29FN2O7/c1-4-36-25(14-28(34)35)20-6-8-21(9-7-20)38-15-19-5-11-24(29)23(13-19)22-10-12-26(30-17(22)2)31-27(33)16-37-18(3)32/h5-13,25H,4,14-16H2,1-3H3,(H,34,35)(H,30,31,33)/t25-/m0/s1. The highest BCUT2D eigenvalue weighted by molar-refractivity contribution is 5.92. The third-order valence-electron chi connectivity index (χ3n) is 5.47. The number of carboxylic acid groups (broad SMARTS) is 1. The van der Waals surface area contributed by atoms with Gasteiger partial charge in [-0.3, -0.25) is 14.4 Å². The Morgan fingerprint density at radius 2 is 1.79 bits per heavy atom. The van der Waals surface area contributed by atoms with Crippen LogP contribution in [0.1, 0.15) is 43.2 Å². The van der Waals surface area contributed by atoms with E-state index in [0.29, 0.717) is 29.2 Å². The van der Waals surface area contributed by atoms with Gasteiger partial charge in [-0.15, -0.1) is 0 Å². The monoisotopic (exact) mass is 524 g/mol. The zero-order valence-electron chi connectivity index (χ0n) is 21.3. The van der Waals surface area contributed by atoms with Gasteiger partial charge in [0, 0.05) is 30.4 Å². The molecule has 0 radical (unpaired) electrons. The summed E-state index contributed by atoms with van der Waals surface area (Å²) in [4.78, 5) is 38.1. The van der Waals surface area contributed by atoms with Crippen LogP contribution in [0.2, 0.25) is 0 Å². The van der Waals surface area contributed by atoms with Gasteiger partial charge in [0.1, 0.15) is 24.0 Å². The van der Waals surface area contributed by atoms with Crippen molar-refractivity contribution in [2.24, 2.45) is 0 Å². The molecule has 0 aliphatic heterocycles. The smallest absolute Gasteiger partial charge is 0.306 e. The summed E-state index contributed by atoms with van der Waals surface area (Å²) in [7, 11) is 0. The molecular formula is C28H29FN2O7. The number of halogens is 1. The van der Waals surface area contributed by atoms with Crippen LogP contribution in [0.15, 0.2) is 54.6 Å². The molecule has 0 spiro atoms. The molecule has 2 N–H and O–H groups in total. The number of aryl methyl sites for hydroxylation is 1. The van der Waals surface area contributed by atoms with Crippen molar-refractivity contribution in [2.75, 3.05) is 18.5 Å². The number of benzene rings is 2. The summed E-state index contributed by atoms with van der Waals surface area (Å²) in [5, 5.41) is 11.6. The molecule has 3 aromatic rings. The summed E-state index contributed by atoms with van der Waals surface area (Å²) in [6.07, 6.45) is -0.681. The first-order valence-electron chi connectivity index (χ1n) is 11.9. The van der Waals surface area contributed by atoms with Gasteiger partial charge in [0.15, 0.2) is 6.61 Å². The van der Waals surface area contributed by atoms with Gasteiger partial charge < -0.3 is 24.6 Å². The first kappa shape index (κ1) is 28.3. The third-order valence-corrected chi connectivity index (χ3v) is 5.47. The summed E-state index contributed by atoms with van der Waals surface area (Å²) < 4.78 is 30.8. The second-order valence-corrected chi connectivity index (χ2v) is 8.37. The highest BCUT2D eigenvalue weighted by atomic mass is 19.1. The molecule has 2 aromatic carbocycles. The van der Waals surface area contributed by atoms with Crippen molar-refractivity contribution in [1.29, 1.82) is 0 Å². The van der Waals surface area contributed by atoms with Crippen LogP contribution in [-0.2, 0) is 30.5 Å². The van der Waals surface area contributed by atoms with Crippen molar-refractivity contribution >= 4 is 23.7 Å². The van der Waals surface area contributed by atoms with Gasteiger partial charge in [0.05, 0.1) is 12.5 Å². The number of aliphatic carboxylic acids is 1. The number of carbonyl (C=O) groups excluding carboxylic acids is 2. The Morgan fingerprint density at radius 1 is 1.05 bits per heavy atom. The number of aromatic nitrogens is 1. The van der Waals surface area contributed by atoms with Crippen LogP contribution in [0.4, 0.5) is 10.2 Å². The molecule has 200 valence electrons. The van der Waals surface area contributed by atoms with Crippen LogP contribution >= 0.6 is 0 Å². The summed E-state index contributed by atoms with van der Waals surface area (Å²) in [5.41, 5.74) is 2.83. The van der Waals surface area contributed by atoms with Crippen molar-refractivity contribution in [3.63, 3.8) is 0 Å². The molecule has 0 bridgehead atoms. The van der Waals surface area contributed by atoms with E-state index in [9.17, 15) is 18.8 Å². The highest BCUT2D eigenvalue weighted by Gasteiger charge is 2.16. The van der Waals surface area contributed by atoms with Gasteiger partial charge in [-0.05, 0) is 61.4 Å². The predicted molar refractivity (Wildman–Crippen MR) is 137 cm³/mol. The lowest BCUT2D eigenvalue weighted by Crippen LogP contribution is -2.20. The first-order chi connectivity index (χ1) is 18.2. The maximum Gasteiger partial charge on any atom is 0.306 e. The summed E-state index contributed by atoms with van der Waals surface area (Å²) in [5.74, 6) is -1.66. The normalized spacial score (nSPS) is 11.5. The van der Waals surface area contributed by atoms with Crippen LogP contribution in [0, 0.1) is 12.7 Å². The van der Waals surface area contributed by atoms with Crippen LogP contribution < -0.4 is 10.1 Å². The van der Waals surface area contributed by atoms with Gasteiger partial charge >= 0.3 is 11.9 Å². The van der Waals surface area contributed by atoms with Crippen molar-refractivity contribution in [3.8, 4) is 16.9 Å². The third kappa shape index (κ3) is 8.10. The zero-order valence-corrected chi connectivity index (χ0v) is 21.3. The molecule has 1 heterocycles. The van der Waals surface area contributed by atoms with Gasteiger partial charge in [-0.25, -0.2) is 9.37 Å². The molecule has 0 unspecified atom stereocenters. The second-order valence-electron chi connectivity index (χ2n) is 8.37. The van der Waals surface area contributed by atoms with E-state index in [1.807, 2.05) is 0 Å². The van der Waals surface area contributed by atoms with Crippen LogP contribution in [0.25, 0.3) is 11.1 Å². The lowest BCUT2D eigenvalue weighted by atomic mass is 10.0. The largest absolute Gasteiger partial charge is 0.489 e. The van der Waals surface area contributed by atoms with E-state index in [4.69, 9.17) is 14.6 Å². The number of nitrogens with zero attached hydrogens (tertiary/aromatic N) is 1. The minimum atomic E-state index is -0.944. The molecule has 1 atom stereocenters. The maximum atomic E-state index is 14.7. The van der Waals surface area contributed by atoms with E-state index >= 15 is 0 Å². The predicted octanol–water partition coefficient (Wildman–Crippen LogP) is 4.83. The molecule has 0 saturated heterocycles. The Morgan fingerprint density at radius 3 is 2.42 bits per heavy atom. The Hall–Kier alpha value is -4.31. The molecule has 1 amide bonds. The van der Waals surface area contributed by atoms with Gasteiger partial charge in [-0.2, -0.15) is 0 Å². The number of carboxylic acids is 1. The van der Waals surface area contributed by atoms with E-state index in [-0.39, 0.29) is 18.8 Å². The quantitative estimate of drug-likeness (QED) is 0.323. The second kappa shape index (κ2) is 13.3. The number of amides is 1. The number of carbonyl (C=O) groups is 3. The van der Waals surface area contributed by atoms with E-state index in [1.165, 1.54) is 19.1 Å². The fourth-order valence-corrected chi connectivity index (χ4v) is 3.71. The van der Waals surface area contributed by atoms with E-state index in [0.717, 1.165) is 11.1 Å². The molecule has 9 nitrogen and oxygen atoms in total. The minimum Gasteiger partial charge on any atom is -0.489 e. The number of nitrogens with one attached hydrogen (secondary N) is 1. The molecule has 0 fully saturated rings. The van der Waals surface area contributed by atoms with E-state index in [2.05, 4.69) is 15.0 Å². The average molecular weight is 525 g/mol. The molecule has 0 saturated carbocycles. The van der Waals surface area contributed by atoms with E-state index in [1.54, 1.807) is 56.3 Å². The SMILES string of the molecule is CCO[C@@H](CC(=O)O)c1ccc(OCc2ccc(F)c(-c3ccc(NC(=O)COC(C)=O)nc3C)c2)cc1. The lowest BCUT2D eigenvalue weighted by molar-refractivity contribution is -0.145. The van der Waals surface area contributed by atoms with Crippen LogP contribution in [0.3, 0.4) is 0 Å². The highest BCUT2D eigenvalue weighted by Crippen LogP contribution is 2.28. The van der Waals surface area contributed by atoms with Crippen molar-refractivity contribution < 1.29 is 38.1 Å². The topological polar surface area (TPSA) is 124 Å². The maximum absolute atomic E-state index is 14.7. The lowest BCUT2D eigenvalue weighted by Gasteiger charge is -2.16. The number of hydrogen-bond donors (Lipinski definition) is 2. The Bertz CT molecular complexity index is 1290. The Balaban J connectivity index is 1.68. The average Bonchev–Trinajstić information content (AvgIpc) is 2.87. The molecule has 1 aromatic heterocycles. The number of pyridine rings is 1. The van der Waals surface area contributed by atoms with Gasteiger partial charge in [0.2, 0.25) is 0 Å². The zero-order chi connectivity index (χ0) is 27.7. The molecule has 0 aliphatic rings. The molecular weight excluding hydrogens is 495 g/mol. The van der Waals surface area contributed by atoms with Gasteiger partial charge in [0.25, 0.3) is 5.91 Å². The van der Waals surface area contributed by atoms with Crippen molar-refractivity contribution in [2.45, 2.75) is 39.9 Å². The molecule has 0 aliphatic carbocycles. The first-order valence-corrected chi connectivity index (χ1v) is 11.9. The minimum absolute atomic E-state index is 0.137. The summed E-state index contributed by atoms with van der Waals surface area (Å²) >= 11 is 0. The molecule has 38 heavy (non-hydrogen) atoms. The van der Waals surface area contributed by atoms with Crippen LogP contribution in [-0.4, -0.2) is 41.2 Å². The van der Waals surface area contributed by atoms with Crippen molar-refractivity contribution in [1.82, 2.24) is 4.98 Å². The van der Waals surface area contributed by atoms with Gasteiger partial charge in [-0.1, -0.05) is 18.2 Å². The number of rotatable bonds is 12. The molecule has 3 rings (SSSR count). The number of esters is 1. The summed E-state index contributed by atoms with van der Waals surface area (Å²) in [6.45, 7) is 4.85. The van der Waals surface area contributed by atoms with Crippen LogP contribution in [0.5, 0.6) is 5.75 Å². The number of hydrogen-bond acceptors (Lipinski definition) is 7. The Kier molecular flexibility index (Phi) is 9.89. The number of ether oxygens (including phenoxy) is 3. The summed E-state index contributed by atoms with van der Waals surface area (Å²) in [6, 6.07) is 14.8.